The molecule has 0 aliphatic carbocycles. The van der Waals surface area contributed by atoms with Crippen molar-refractivity contribution in [2.24, 2.45) is 0 Å². The Morgan fingerprint density at radius 1 is 1.53 bits per heavy atom. The molecule has 0 unspecified atom stereocenters. The first-order valence-corrected chi connectivity index (χ1v) is 5.72. The number of Topliss-reactive ketones (excluding diaryl/α,β-unsaturated/α-hetero) is 1. The fraction of sp³-hybridized carbons (Fsp3) is 0.545. The summed E-state index contributed by atoms with van der Waals surface area (Å²) in [6, 6.07) is 3.87. The van der Waals surface area contributed by atoms with Crippen LogP contribution in [-0.4, -0.2) is 44.5 Å². The highest BCUT2D eigenvalue weighted by atomic mass is 32.1. The van der Waals surface area contributed by atoms with Crippen molar-refractivity contribution in [3.8, 4) is 0 Å². The summed E-state index contributed by atoms with van der Waals surface area (Å²) >= 11 is 1.55. The quantitative estimate of drug-likeness (QED) is 0.694. The van der Waals surface area contributed by atoms with Crippen LogP contribution in [0.1, 0.15) is 14.5 Å². The third-order valence-corrected chi connectivity index (χ3v) is 3.15. The number of likely N-dealkylation sites (N-methyl/N-ethyl adjacent to an activating group) is 1. The second-order valence-electron chi connectivity index (χ2n) is 3.56. The number of carbonyl (C=O) groups excluding carboxylic acids is 1. The van der Waals surface area contributed by atoms with Gasteiger partial charge >= 0.3 is 0 Å². The van der Waals surface area contributed by atoms with Gasteiger partial charge in [0.1, 0.15) is 0 Å². The number of carbonyl (C=O) groups is 1. The maximum Gasteiger partial charge on any atom is 0.186 e. The van der Waals surface area contributed by atoms with Crippen molar-refractivity contribution in [3.05, 3.63) is 21.9 Å². The molecule has 1 heterocycles. The van der Waals surface area contributed by atoms with Gasteiger partial charge in [-0.3, -0.25) is 9.69 Å². The topological polar surface area (TPSA) is 29.5 Å². The Kier molecular flexibility index (Phi) is 4.94. The van der Waals surface area contributed by atoms with Gasteiger partial charge in [-0.25, -0.2) is 0 Å². The summed E-state index contributed by atoms with van der Waals surface area (Å²) in [5.74, 6) is 0.187. The van der Waals surface area contributed by atoms with Crippen LogP contribution in [0.2, 0.25) is 0 Å². The van der Waals surface area contributed by atoms with Crippen LogP contribution in [0.3, 0.4) is 0 Å². The normalized spacial score (nSPS) is 10.9. The molecule has 0 saturated heterocycles. The fourth-order valence-electron chi connectivity index (χ4n) is 1.23. The van der Waals surface area contributed by atoms with E-state index in [1.54, 1.807) is 18.4 Å². The number of hydrogen-bond donors (Lipinski definition) is 0. The predicted octanol–water partition coefficient (Wildman–Crippen LogP) is 1.82. The van der Waals surface area contributed by atoms with Crippen LogP contribution in [0.25, 0.3) is 0 Å². The SMILES string of the molecule is COCCN(C)CC(=O)c1ccc(C)s1. The van der Waals surface area contributed by atoms with E-state index in [1.165, 1.54) is 4.88 Å². The maximum absolute atomic E-state index is 11.8. The summed E-state index contributed by atoms with van der Waals surface area (Å²) in [5, 5.41) is 0. The molecule has 0 saturated carbocycles. The van der Waals surface area contributed by atoms with Gasteiger partial charge in [-0.1, -0.05) is 0 Å². The number of nitrogens with zero attached hydrogens (tertiary/aromatic N) is 1. The zero-order valence-corrected chi connectivity index (χ0v) is 10.3. The Balaban J connectivity index is 2.42. The standard InChI is InChI=1S/C11H17NO2S/c1-9-4-5-11(15-9)10(13)8-12(2)6-7-14-3/h4-5H,6-8H2,1-3H3. The molecule has 0 spiro atoms. The number of rotatable bonds is 6. The minimum absolute atomic E-state index is 0.187. The summed E-state index contributed by atoms with van der Waals surface area (Å²) in [6.45, 7) is 3.92. The summed E-state index contributed by atoms with van der Waals surface area (Å²) in [4.78, 5) is 15.8. The smallest absolute Gasteiger partial charge is 0.186 e. The highest BCUT2D eigenvalue weighted by molar-refractivity contribution is 7.14. The van der Waals surface area contributed by atoms with Crippen LogP contribution in [-0.2, 0) is 4.74 Å². The molecule has 0 N–H and O–H groups in total. The van der Waals surface area contributed by atoms with E-state index in [4.69, 9.17) is 4.74 Å². The Hall–Kier alpha value is -0.710. The number of ether oxygens (including phenoxy) is 1. The lowest BCUT2D eigenvalue weighted by atomic mass is 10.3. The van der Waals surface area contributed by atoms with Gasteiger partial charge < -0.3 is 4.74 Å². The molecule has 15 heavy (non-hydrogen) atoms. The van der Waals surface area contributed by atoms with Crippen molar-refractivity contribution < 1.29 is 9.53 Å². The summed E-state index contributed by atoms with van der Waals surface area (Å²) in [7, 11) is 3.59. The van der Waals surface area contributed by atoms with Gasteiger partial charge in [0, 0.05) is 18.5 Å². The Bertz CT molecular complexity index is 322. The van der Waals surface area contributed by atoms with Crippen molar-refractivity contribution >= 4 is 17.1 Å². The van der Waals surface area contributed by atoms with Gasteiger partial charge in [0.25, 0.3) is 0 Å². The minimum Gasteiger partial charge on any atom is -0.383 e. The van der Waals surface area contributed by atoms with E-state index in [2.05, 4.69) is 0 Å². The highest BCUT2D eigenvalue weighted by Gasteiger charge is 2.10. The summed E-state index contributed by atoms with van der Waals surface area (Å²) in [5.41, 5.74) is 0. The zero-order chi connectivity index (χ0) is 11.3. The molecule has 0 fully saturated rings. The first-order chi connectivity index (χ1) is 7.13. The monoisotopic (exact) mass is 227 g/mol. The van der Waals surface area contributed by atoms with Crippen LogP contribution in [0.5, 0.6) is 0 Å². The Morgan fingerprint density at radius 2 is 2.27 bits per heavy atom. The summed E-state index contributed by atoms with van der Waals surface area (Å²) in [6.07, 6.45) is 0. The highest BCUT2D eigenvalue weighted by Crippen LogP contribution is 2.15. The second kappa shape index (κ2) is 6.00. The van der Waals surface area contributed by atoms with Crippen LogP contribution < -0.4 is 0 Å². The van der Waals surface area contributed by atoms with E-state index in [9.17, 15) is 4.79 Å². The zero-order valence-electron chi connectivity index (χ0n) is 9.45. The van der Waals surface area contributed by atoms with Gasteiger partial charge in [-0.2, -0.15) is 0 Å². The van der Waals surface area contributed by atoms with Crippen molar-refractivity contribution in [1.29, 1.82) is 0 Å². The first kappa shape index (κ1) is 12.4. The Labute approximate surface area is 94.7 Å². The lowest BCUT2D eigenvalue weighted by molar-refractivity contribution is 0.0926. The molecule has 0 aromatic carbocycles. The van der Waals surface area contributed by atoms with Crippen molar-refractivity contribution in [1.82, 2.24) is 4.90 Å². The lowest BCUT2D eigenvalue weighted by Gasteiger charge is -2.14. The van der Waals surface area contributed by atoms with E-state index < -0.39 is 0 Å². The van der Waals surface area contributed by atoms with Crippen LogP contribution >= 0.6 is 11.3 Å². The van der Waals surface area contributed by atoms with E-state index in [0.717, 1.165) is 11.4 Å². The maximum atomic E-state index is 11.8. The van der Waals surface area contributed by atoms with E-state index in [0.29, 0.717) is 13.2 Å². The van der Waals surface area contributed by atoms with Crippen molar-refractivity contribution in [3.63, 3.8) is 0 Å². The molecule has 0 aliphatic rings. The molecule has 1 aromatic heterocycles. The minimum atomic E-state index is 0.187. The number of ketones is 1. The fourth-order valence-corrected chi connectivity index (χ4v) is 2.03. The van der Waals surface area contributed by atoms with Gasteiger partial charge in [0.15, 0.2) is 5.78 Å². The summed E-state index contributed by atoms with van der Waals surface area (Å²) < 4.78 is 4.95. The molecular weight excluding hydrogens is 210 g/mol. The number of hydrogen-bond acceptors (Lipinski definition) is 4. The molecule has 1 rings (SSSR count). The molecule has 84 valence electrons. The Morgan fingerprint density at radius 3 is 2.80 bits per heavy atom. The average Bonchev–Trinajstić information content (AvgIpc) is 2.61. The molecule has 0 bridgehead atoms. The third kappa shape index (κ3) is 4.11. The van der Waals surface area contributed by atoms with Crippen LogP contribution in [0.4, 0.5) is 0 Å². The van der Waals surface area contributed by atoms with E-state index >= 15 is 0 Å². The molecule has 4 heteroatoms. The lowest BCUT2D eigenvalue weighted by Crippen LogP contribution is -2.28. The molecule has 3 nitrogen and oxygen atoms in total. The first-order valence-electron chi connectivity index (χ1n) is 4.90. The van der Waals surface area contributed by atoms with E-state index in [1.807, 2.05) is 31.0 Å². The largest absolute Gasteiger partial charge is 0.383 e. The van der Waals surface area contributed by atoms with Crippen molar-refractivity contribution in [2.45, 2.75) is 6.92 Å². The molecule has 1 aromatic rings. The molecular formula is C11H17NO2S. The van der Waals surface area contributed by atoms with Gasteiger partial charge in [-0.15, -0.1) is 11.3 Å². The van der Waals surface area contributed by atoms with Gasteiger partial charge in [0.2, 0.25) is 0 Å². The average molecular weight is 227 g/mol. The molecule has 0 aliphatic heterocycles. The number of thiophene rings is 1. The predicted molar refractivity (Wildman–Crippen MR) is 62.8 cm³/mol. The molecule has 0 atom stereocenters. The molecule has 0 radical (unpaired) electrons. The van der Waals surface area contributed by atoms with Crippen LogP contribution in [0, 0.1) is 6.92 Å². The third-order valence-electron chi connectivity index (χ3n) is 2.11. The van der Waals surface area contributed by atoms with E-state index in [-0.39, 0.29) is 5.78 Å². The van der Waals surface area contributed by atoms with Gasteiger partial charge in [0.05, 0.1) is 18.0 Å². The molecule has 0 amide bonds. The second-order valence-corrected chi connectivity index (χ2v) is 4.85. The van der Waals surface area contributed by atoms with Crippen molar-refractivity contribution in [2.75, 3.05) is 33.9 Å². The number of aryl methyl sites for hydroxylation is 1. The van der Waals surface area contributed by atoms with Crippen LogP contribution in [0.15, 0.2) is 12.1 Å². The number of methoxy groups -OCH3 is 1. The van der Waals surface area contributed by atoms with Gasteiger partial charge in [-0.05, 0) is 26.1 Å².